The second-order valence-electron chi connectivity index (χ2n) is 11.5. The van der Waals surface area contributed by atoms with E-state index in [-0.39, 0.29) is 24.8 Å². The van der Waals surface area contributed by atoms with Gasteiger partial charge in [0.1, 0.15) is 12.1 Å². The number of halogens is 3. The number of hydrogen-bond acceptors (Lipinski definition) is 5. The molecule has 194 valence electrons. The molecule has 0 spiro atoms. The second-order valence-corrected chi connectivity index (χ2v) is 11.5. The molecule has 3 fully saturated rings. The van der Waals surface area contributed by atoms with E-state index in [0.29, 0.717) is 13.0 Å². The van der Waals surface area contributed by atoms with Crippen molar-refractivity contribution in [2.45, 2.75) is 65.7 Å². The molecule has 1 saturated carbocycles. The standard InChI is InChI=1S/C23H32F3N5O4/c1-20(2,3)14(30-19(35)23(24,25)26)18(34)31-10-13-21(4,5)22(13,15(31)16(28)32)12(9-27)8-11-6-7-29-17(11)33/h11-15H,6-8,10H2,1-5H3,(H2,28,32)(H,29,33)(H,30,35)/t11-,12-,13?,14-,15?,22?/m1/s1. The Labute approximate surface area is 201 Å². The summed E-state index contributed by atoms with van der Waals surface area (Å²) in [5.74, 6) is -5.72. The minimum atomic E-state index is -5.20. The van der Waals surface area contributed by atoms with Crippen LogP contribution in [0.25, 0.3) is 0 Å². The summed E-state index contributed by atoms with van der Waals surface area (Å²) >= 11 is 0. The van der Waals surface area contributed by atoms with Crippen molar-refractivity contribution in [3.05, 3.63) is 0 Å². The third-order valence-electron chi connectivity index (χ3n) is 8.24. The van der Waals surface area contributed by atoms with Crippen LogP contribution in [0.2, 0.25) is 0 Å². The molecule has 3 aliphatic rings. The largest absolute Gasteiger partial charge is 0.471 e. The highest BCUT2D eigenvalue weighted by molar-refractivity contribution is 5.95. The third kappa shape index (κ3) is 4.12. The first kappa shape index (κ1) is 26.8. The summed E-state index contributed by atoms with van der Waals surface area (Å²) in [5.41, 5.74) is 3.02. The van der Waals surface area contributed by atoms with Crippen molar-refractivity contribution < 1.29 is 32.3 Å². The highest BCUT2D eigenvalue weighted by Crippen LogP contribution is 2.78. The number of primary amides is 1. The molecule has 3 unspecified atom stereocenters. The van der Waals surface area contributed by atoms with Gasteiger partial charge in [-0.15, -0.1) is 0 Å². The lowest BCUT2D eigenvalue weighted by molar-refractivity contribution is -0.176. The Morgan fingerprint density at radius 2 is 1.89 bits per heavy atom. The predicted octanol–water partition coefficient (Wildman–Crippen LogP) is 1.08. The van der Waals surface area contributed by atoms with Crippen LogP contribution in [0.4, 0.5) is 13.2 Å². The predicted molar refractivity (Wildman–Crippen MR) is 117 cm³/mol. The van der Waals surface area contributed by atoms with E-state index in [4.69, 9.17) is 5.73 Å². The number of nitrogens with zero attached hydrogens (tertiary/aromatic N) is 2. The number of fused-ring (bicyclic) bond motifs is 1. The average molecular weight is 500 g/mol. The van der Waals surface area contributed by atoms with Gasteiger partial charge in [0.15, 0.2) is 0 Å². The zero-order valence-electron chi connectivity index (χ0n) is 20.5. The molecule has 6 atom stereocenters. The Morgan fingerprint density at radius 1 is 1.29 bits per heavy atom. The first-order chi connectivity index (χ1) is 15.9. The van der Waals surface area contributed by atoms with Crippen LogP contribution in [0.5, 0.6) is 0 Å². The van der Waals surface area contributed by atoms with Crippen LogP contribution < -0.4 is 16.4 Å². The lowest BCUT2D eigenvalue weighted by Gasteiger charge is -2.40. The SMILES string of the molecule is CC(C)(C)[C@H](NC(=O)C(F)(F)F)C(=O)N1CC2C(C)(C)C2([C@@H](C#N)C[C@H]2CCNC2=O)C1C(N)=O. The van der Waals surface area contributed by atoms with Crippen LogP contribution in [-0.2, 0) is 19.2 Å². The highest BCUT2D eigenvalue weighted by atomic mass is 19.4. The molecule has 0 aromatic rings. The number of piperidine rings is 1. The maximum atomic E-state index is 13.6. The fourth-order valence-corrected chi connectivity index (χ4v) is 6.45. The van der Waals surface area contributed by atoms with Gasteiger partial charge in [0.25, 0.3) is 0 Å². The highest BCUT2D eigenvalue weighted by Gasteiger charge is 2.83. The van der Waals surface area contributed by atoms with Crippen LogP contribution in [0.1, 0.15) is 47.5 Å². The van der Waals surface area contributed by atoms with E-state index in [1.807, 2.05) is 13.8 Å². The van der Waals surface area contributed by atoms with Crippen molar-refractivity contribution in [2.75, 3.05) is 13.1 Å². The zero-order chi connectivity index (χ0) is 26.7. The molecule has 2 aliphatic heterocycles. The normalized spacial score (nSPS) is 31.1. The summed E-state index contributed by atoms with van der Waals surface area (Å²) < 4.78 is 38.9. The van der Waals surface area contributed by atoms with E-state index >= 15 is 0 Å². The number of rotatable bonds is 6. The molecule has 2 heterocycles. The van der Waals surface area contributed by atoms with Gasteiger partial charge in [-0.25, -0.2) is 0 Å². The second kappa shape index (κ2) is 8.38. The summed E-state index contributed by atoms with van der Waals surface area (Å²) in [7, 11) is 0. The summed E-state index contributed by atoms with van der Waals surface area (Å²) in [6.07, 6.45) is -4.48. The average Bonchev–Trinajstić information content (AvgIpc) is 3.08. The maximum Gasteiger partial charge on any atom is 0.471 e. The smallest absolute Gasteiger partial charge is 0.368 e. The molecule has 0 aromatic carbocycles. The Morgan fingerprint density at radius 3 is 2.31 bits per heavy atom. The summed E-state index contributed by atoms with van der Waals surface area (Å²) in [4.78, 5) is 51.4. The molecule has 1 aliphatic carbocycles. The van der Waals surface area contributed by atoms with Gasteiger partial charge in [0.2, 0.25) is 17.7 Å². The minimum Gasteiger partial charge on any atom is -0.368 e. The minimum absolute atomic E-state index is 0.00293. The molecule has 12 heteroatoms. The van der Waals surface area contributed by atoms with Crippen LogP contribution in [0.15, 0.2) is 0 Å². The molecule has 35 heavy (non-hydrogen) atoms. The topological polar surface area (TPSA) is 145 Å². The molecule has 0 aromatic heterocycles. The lowest BCUT2D eigenvalue weighted by atomic mass is 9.73. The summed E-state index contributed by atoms with van der Waals surface area (Å²) in [6, 6.07) is -0.612. The number of alkyl halides is 3. The van der Waals surface area contributed by atoms with E-state index in [0.717, 1.165) is 4.90 Å². The number of nitrogens with one attached hydrogen (secondary N) is 2. The quantitative estimate of drug-likeness (QED) is 0.501. The van der Waals surface area contributed by atoms with Crippen LogP contribution in [-0.4, -0.2) is 59.9 Å². The molecular weight excluding hydrogens is 467 g/mol. The van der Waals surface area contributed by atoms with Gasteiger partial charge in [0, 0.05) is 24.4 Å². The van der Waals surface area contributed by atoms with Gasteiger partial charge in [-0.2, -0.15) is 18.4 Å². The zero-order valence-corrected chi connectivity index (χ0v) is 20.5. The lowest BCUT2D eigenvalue weighted by Crippen LogP contribution is -2.61. The van der Waals surface area contributed by atoms with Gasteiger partial charge < -0.3 is 21.3 Å². The maximum absolute atomic E-state index is 13.6. The van der Waals surface area contributed by atoms with Crippen LogP contribution in [0.3, 0.4) is 0 Å². The number of hydrogen-bond donors (Lipinski definition) is 3. The molecule has 0 bridgehead atoms. The van der Waals surface area contributed by atoms with Gasteiger partial charge in [-0.05, 0) is 29.6 Å². The summed E-state index contributed by atoms with van der Waals surface area (Å²) in [5, 5.41) is 14.6. The van der Waals surface area contributed by atoms with Crippen molar-refractivity contribution in [3.8, 4) is 6.07 Å². The number of carbonyl (C=O) groups is 4. The number of carbonyl (C=O) groups excluding carboxylic acids is 4. The monoisotopic (exact) mass is 499 g/mol. The van der Waals surface area contributed by atoms with Crippen molar-refractivity contribution in [3.63, 3.8) is 0 Å². The molecule has 2 saturated heterocycles. The van der Waals surface area contributed by atoms with Crippen molar-refractivity contribution >= 4 is 23.6 Å². The molecule has 0 radical (unpaired) electrons. The Bertz CT molecular complexity index is 983. The van der Waals surface area contributed by atoms with E-state index in [1.165, 1.54) is 20.8 Å². The van der Waals surface area contributed by atoms with Gasteiger partial charge in [-0.3, -0.25) is 19.2 Å². The fraction of sp³-hybridized carbons (Fsp3) is 0.783. The fourth-order valence-electron chi connectivity index (χ4n) is 6.45. The van der Waals surface area contributed by atoms with Gasteiger partial charge in [-0.1, -0.05) is 34.6 Å². The van der Waals surface area contributed by atoms with E-state index in [2.05, 4.69) is 11.4 Å². The van der Waals surface area contributed by atoms with Crippen LogP contribution in [0, 0.1) is 45.3 Å². The van der Waals surface area contributed by atoms with Crippen LogP contribution >= 0.6 is 0 Å². The summed E-state index contributed by atoms with van der Waals surface area (Å²) in [6.45, 7) is 8.71. The van der Waals surface area contributed by atoms with Gasteiger partial charge in [0.05, 0.1) is 12.0 Å². The first-order valence-corrected chi connectivity index (χ1v) is 11.6. The third-order valence-corrected chi connectivity index (χ3v) is 8.24. The number of amides is 4. The number of likely N-dealkylation sites (tertiary alicyclic amines) is 1. The number of nitrogens with two attached hydrogens (primary N) is 1. The Hall–Kier alpha value is -2.84. The van der Waals surface area contributed by atoms with E-state index in [9.17, 15) is 37.6 Å². The first-order valence-electron chi connectivity index (χ1n) is 11.6. The molecular formula is C23H32F3N5O4. The molecule has 4 N–H and O–H groups in total. The number of nitriles is 1. The van der Waals surface area contributed by atoms with E-state index < -0.39 is 64.1 Å². The Balaban J connectivity index is 1.98. The molecule has 3 rings (SSSR count). The van der Waals surface area contributed by atoms with Crippen molar-refractivity contribution in [1.82, 2.24) is 15.5 Å². The van der Waals surface area contributed by atoms with Crippen molar-refractivity contribution in [1.29, 1.82) is 5.26 Å². The van der Waals surface area contributed by atoms with Gasteiger partial charge >= 0.3 is 12.1 Å². The molecule has 4 amide bonds. The molecule has 9 nitrogen and oxygen atoms in total. The van der Waals surface area contributed by atoms with E-state index in [1.54, 1.807) is 5.32 Å². The van der Waals surface area contributed by atoms with Crippen molar-refractivity contribution in [2.24, 2.45) is 39.7 Å². The Kier molecular flexibility index (Phi) is 6.41.